The maximum atomic E-state index is 13.6. The van der Waals surface area contributed by atoms with Gasteiger partial charge >= 0.3 is 6.03 Å². The molecule has 196 valence electrons. The van der Waals surface area contributed by atoms with Crippen molar-refractivity contribution in [3.8, 4) is 0 Å². The molecule has 5 amide bonds. The van der Waals surface area contributed by atoms with E-state index in [0.717, 1.165) is 11.1 Å². The van der Waals surface area contributed by atoms with Gasteiger partial charge in [0.1, 0.15) is 23.5 Å². The van der Waals surface area contributed by atoms with Gasteiger partial charge in [-0.15, -0.1) is 0 Å². The number of carbonyl (C=O) groups is 4. The van der Waals surface area contributed by atoms with Gasteiger partial charge in [0.25, 0.3) is 11.8 Å². The Morgan fingerprint density at radius 1 is 1.11 bits per heavy atom. The Hall–Kier alpha value is -3.76. The molecule has 0 bridgehead atoms. The van der Waals surface area contributed by atoms with E-state index in [9.17, 15) is 19.2 Å². The zero-order valence-electron chi connectivity index (χ0n) is 20.8. The maximum Gasteiger partial charge on any atom is 0.324 e. The molecule has 2 fully saturated rings. The zero-order valence-corrected chi connectivity index (χ0v) is 21.5. The van der Waals surface area contributed by atoms with E-state index in [1.165, 1.54) is 9.80 Å². The lowest BCUT2D eigenvalue weighted by molar-refractivity contribution is -0.136. The summed E-state index contributed by atoms with van der Waals surface area (Å²) in [4.78, 5) is 59.1. The van der Waals surface area contributed by atoms with Crippen LogP contribution in [0, 0.1) is 0 Å². The molecular formula is C27H26ClN5O5. The number of benzene rings is 2. The summed E-state index contributed by atoms with van der Waals surface area (Å²) in [6.07, 6.45) is 1.65. The normalized spacial score (nSPS) is 23.7. The lowest BCUT2D eigenvalue weighted by Crippen LogP contribution is -2.48. The van der Waals surface area contributed by atoms with E-state index in [4.69, 9.17) is 21.3 Å². The molecule has 1 aliphatic carbocycles. The highest BCUT2D eigenvalue weighted by Crippen LogP contribution is 2.38. The summed E-state index contributed by atoms with van der Waals surface area (Å²) < 4.78 is 5.46. The molecule has 10 nitrogen and oxygen atoms in total. The van der Waals surface area contributed by atoms with Crippen LogP contribution in [-0.2, 0) is 32.0 Å². The number of rotatable bonds is 4. The number of ether oxygens (including phenoxy) is 1. The Balaban J connectivity index is 1.22. The summed E-state index contributed by atoms with van der Waals surface area (Å²) in [6.45, 7) is 0.604. The van der Waals surface area contributed by atoms with Crippen LogP contribution in [0.15, 0.2) is 47.5 Å². The van der Waals surface area contributed by atoms with Gasteiger partial charge in [-0.25, -0.2) is 4.79 Å². The van der Waals surface area contributed by atoms with Crippen molar-refractivity contribution in [3.63, 3.8) is 0 Å². The maximum absolute atomic E-state index is 13.6. The number of hydrogen-bond acceptors (Lipinski definition) is 6. The van der Waals surface area contributed by atoms with Crippen molar-refractivity contribution >= 4 is 46.9 Å². The molecule has 3 heterocycles. The minimum atomic E-state index is -0.958. The topological polar surface area (TPSA) is 120 Å². The number of anilines is 1. The third kappa shape index (κ3) is 3.78. The first-order valence-electron chi connectivity index (χ1n) is 12.5. The number of carbonyl (C=O) groups excluding carboxylic acids is 4. The van der Waals surface area contributed by atoms with Gasteiger partial charge in [-0.2, -0.15) is 0 Å². The van der Waals surface area contributed by atoms with Crippen LogP contribution in [0.25, 0.3) is 0 Å². The van der Waals surface area contributed by atoms with Crippen LogP contribution in [0.2, 0.25) is 5.02 Å². The monoisotopic (exact) mass is 535 g/mol. The van der Waals surface area contributed by atoms with E-state index in [1.54, 1.807) is 31.3 Å². The molecule has 3 aliphatic heterocycles. The van der Waals surface area contributed by atoms with Crippen LogP contribution in [0.4, 0.5) is 10.5 Å². The summed E-state index contributed by atoms with van der Waals surface area (Å²) in [7, 11) is 1.62. The van der Waals surface area contributed by atoms with Crippen molar-refractivity contribution in [3.05, 3.63) is 64.2 Å². The average molecular weight is 536 g/mol. The van der Waals surface area contributed by atoms with Crippen molar-refractivity contribution in [2.45, 2.75) is 36.8 Å². The first-order valence-corrected chi connectivity index (χ1v) is 12.9. The highest BCUT2D eigenvalue weighted by Gasteiger charge is 2.54. The van der Waals surface area contributed by atoms with Gasteiger partial charge in [-0.3, -0.25) is 29.6 Å². The van der Waals surface area contributed by atoms with E-state index in [1.807, 2.05) is 18.2 Å². The number of urea groups is 1. The fraction of sp³-hybridized carbons (Fsp3) is 0.370. The molecule has 1 atom stereocenters. The van der Waals surface area contributed by atoms with Crippen molar-refractivity contribution < 1.29 is 23.9 Å². The fourth-order valence-corrected chi connectivity index (χ4v) is 6.03. The fourth-order valence-electron chi connectivity index (χ4n) is 5.81. The molecule has 2 saturated heterocycles. The van der Waals surface area contributed by atoms with Crippen molar-refractivity contribution in [1.82, 2.24) is 15.1 Å². The summed E-state index contributed by atoms with van der Waals surface area (Å²) in [5.74, 6) is -0.552. The highest BCUT2D eigenvalue weighted by atomic mass is 35.5. The molecule has 0 aromatic heterocycles. The number of amidine groups is 1. The predicted octanol–water partition coefficient (Wildman–Crippen LogP) is 2.14. The predicted molar refractivity (Wildman–Crippen MR) is 139 cm³/mol. The SMILES string of the molecule is CN1C(=O)NC(=O)[C@@]12Cc1ccc(NC(=O)CN3C(=O)C4(CCOCC4)N=C3c3ccccc3Cl)cc1C2. The van der Waals surface area contributed by atoms with E-state index < -0.39 is 17.1 Å². The van der Waals surface area contributed by atoms with Gasteiger partial charge in [-0.05, 0) is 35.4 Å². The average Bonchev–Trinajstić information content (AvgIpc) is 3.47. The molecule has 0 saturated carbocycles. The van der Waals surface area contributed by atoms with Gasteiger partial charge < -0.3 is 15.0 Å². The van der Waals surface area contributed by atoms with Crippen LogP contribution >= 0.6 is 11.6 Å². The number of nitrogens with zero attached hydrogens (tertiary/aromatic N) is 3. The van der Waals surface area contributed by atoms with Crippen molar-refractivity contribution in [2.24, 2.45) is 4.99 Å². The molecule has 2 N–H and O–H groups in total. The molecule has 4 aliphatic rings. The lowest BCUT2D eigenvalue weighted by atomic mass is 9.90. The van der Waals surface area contributed by atoms with E-state index in [0.29, 0.717) is 61.0 Å². The quantitative estimate of drug-likeness (QED) is 0.581. The molecule has 11 heteroatoms. The third-order valence-electron chi connectivity index (χ3n) is 8.00. The Morgan fingerprint density at radius 2 is 1.84 bits per heavy atom. The van der Waals surface area contributed by atoms with Gasteiger partial charge in [0, 0.05) is 57.2 Å². The first-order chi connectivity index (χ1) is 18.2. The number of fused-ring (bicyclic) bond motifs is 1. The van der Waals surface area contributed by atoms with E-state index in [2.05, 4.69) is 10.6 Å². The van der Waals surface area contributed by atoms with Crippen LogP contribution in [0.1, 0.15) is 29.5 Å². The molecular weight excluding hydrogens is 510 g/mol. The number of likely N-dealkylation sites (N-methyl/N-ethyl adjacent to an activating group) is 1. The summed E-state index contributed by atoms with van der Waals surface area (Å²) in [6, 6.07) is 12.2. The standard InChI is InChI=1S/C27H26ClN5O5/c1-32-25(37)30-23(35)27(32)13-16-6-7-18(12-17(16)14-27)29-21(34)15-33-22(19-4-2-3-5-20(19)28)31-26(24(33)36)8-10-38-11-9-26/h2-7,12H,8-11,13-15H2,1H3,(H,29,34)(H,30,35,37)/t27-/m0/s1. The Bertz CT molecular complexity index is 1420. The van der Waals surface area contributed by atoms with Crippen molar-refractivity contribution in [1.29, 1.82) is 0 Å². The first kappa shape index (κ1) is 24.6. The van der Waals surface area contributed by atoms with Crippen LogP contribution in [0.5, 0.6) is 0 Å². The van der Waals surface area contributed by atoms with Gasteiger partial charge in [0.15, 0.2) is 0 Å². The molecule has 2 aromatic carbocycles. The zero-order chi connectivity index (χ0) is 26.7. The minimum absolute atomic E-state index is 0.230. The Kier molecular flexibility index (Phi) is 5.77. The van der Waals surface area contributed by atoms with Crippen molar-refractivity contribution in [2.75, 3.05) is 32.1 Å². The lowest BCUT2D eigenvalue weighted by Gasteiger charge is -2.29. The molecule has 2 spiro atoms. The molecule has 38 heavy (non-hydrogen) atoms. The molecule has 0 unspecified atom stereocenters. The van der Waals surface area contributed by atoms with Crippen LogP contribution in [0.3, 0.4) is 0 Å². The number of imide groups is 1. The van der Waals surface area contributed by atoms with Gasteiger partial charge in [-0.1, -0.05) is 29.8 Å². The number of hydrogen-bond donors (Lipinski definition) is 2. The summed E-state index contributed by atoms with van der Waals surface area (Å²) in [5.41, 5.74) is 1.07. The van der Waals surface area contributed by atoms with Crippen LogP contribution in [-0.4, -0.2) is 77.3 Å². The smallest absolute Gasteiger partial charge is 0.324 e. The summed E-state index contributed by atoms with van der Waals surface area (Å²) in [5, 5.41) is 5.71. The number of amides is 5. The van der Waals surface area contributed by atoms with E-state index >= 15 is 0 Å². The van der Waals surface area contributed by atoms with E-state index in [-0.39, 0.29) is 24.3 Å². The number of aliphatic imine (C=N–C) groups is 1. The molecule has 2 aromatic rings. The second-order valence-corrected chi connectivity index (χ2v) is 10.6. The molecule has 6 rings (SSSR count). The number of halogens is 1. The van der Waals surface area contributed by atoms with Gasteiger partial charge in [0.2, 0.25) is 5.91 Å². The largest absolute Gasteiger partial charge is 0.381 e. The second kappa shape index (κ2) is 8.92. The third-order valence-corrected chi connectivity index (χ3v) is 8.33. The number of nitrogens with one attached hydrogen (secondary N) is 2. The molecule has 0 radical (unpaired) electrons. The van der Waals surface area contributed by atoms with Crippen LogP contribution < -0.4 is 10.6 Å². The second-order valence-electron chi connectivity index (χ2n) is 10.2. The highest BCUT2D eigenvalue weighted by molar-refractivity contribution is 6.35. The minimum Gasteiger partial charge on any atom is -0.381 e. The Morgan fingerprint density at radius 3 is 2.55 bits per heavy atom. The Labute approximate surface area is 224 Å². The van der Waals surface area contributed by atoms with Gasteiger partial charge in [0.05, 0.1) is 5.02 Å². The summed E-state index contributed by atoms with van der Waals surface area (Å²) >= 11 is 6.45.